The van der Waals surface area contributed by atoms with Crippen LogP contribution in [0.15, 0.2) is 29.2 Å². The van der Waals surface area contributed by atoms with Gasteiger partial charge in [-0.25, -0.2) is 8.42 Å². The van der Waals surface area contributed by atoms with E-state index in [9.17, 15) is 13.2 Å². The van der Waals surface area contributed by atoms with Gasteiger partial charge < -0.3 is 11.1 Å². The molecule has 1 rings (SSSR count). The maximum atomic E-state index is 12.2. The highest BCUT2D eigenvalue weighted by molar-refractivity contribution is 7.92. The summed E-state index contributed by atoms with van der Waals surface area (Å²) in [6.07, 6.45) is 1.29. The number of hydrogen-bond acceptors (Lipinski definition) is 4. The zero-order valence-electron chi connectivity index (χ0n) is 12.2. The lowest BCUT2D eigenvalue weighted by Crippen LogP contribution is -2.54. The second-order valence-corrected chi connectivity index (χ2v) is 7.38. The fraction of sp³-hybridized carbons (Fsp3) is 0.500. The molecular weight excluding hydrogens is 312 g/mol. The molecule has 118 valence electrons. The first kappa shape index (κ1) is 17.9. The maximum absolute atomic E-state index is 12.2. The van der Waals surface area contributed by atoms with E-state index in [1.54, 1.807) is 0 Å². The lowest BCUT2D eigenvalue weighted by Gasteiger charge is -2.31. The summed E-state index contributed by atoms with van der Waals surface area (Å²) in [5.74, 6) is -1.14. The smallest absolute Gasteiger partial charge is 0.236 e. The van der Waals surface area contributed by atoms with E-state index in [1.807, 2.05) is 13.8 Å². The molecule has 5 nitrogen and oxygen atoms in total. The van der Waals surface area contributed by atoms with E-state index in [-0.39, 0.29) is 11.4 Å². The highest BCUT2D eigenvalue weighted by Crippen LogP contribution is 2.17. The van der Waals surface area contributed by atoms with Gasteiger partial charge in [0, 0.05) is 11.6 Å². The summed E-state index contributed by atoms with van der Waals surface area (Å²) in [5, 5.41) is 3.19. The number of benzene rings is 1. The van der Waals surface area contributed by atoms with Crippen molar-refractivity contribution in [2.45, 2.75) is 37.1 Å². The molecule has 0 radical (unpaired) electrons. The first-order valence-corrected chi connectivity index (χ1v) is 8.81. The average Bonchev–Trinajstić information content (AvgIpc) is 2.45. The number of sulfone groups is 1. The second kappa shape index (κ2) is 7.24. The van der Waals surface area contributed by atoms with Crippen molar-refractivity contribution >= 4 is 27.3 Å². The molecule has 3 N–H and O–H groups in total. The van der Waals surface area contributed by atoms with Crippen molar-refractivity contribution in [1.82, 2.24) is 5.32 Å². The van der Waals surface area contributed by atoms with Crippen LogP contribution in [0.25, 0.3) is 0 Å². The normalized spacial score (nSPS) is 12.2. The number of carbonyl (C=O) groups excluding carboxylic acids is 1. The summed E-state index contributed by atoms with van der Waals surface area (Å²) in [7, 11) is -3.68. The number of nitrogens with one attached hydrogen (secondary N) is 1. The van der Waals surface area contributed by atoms with E-state index in [4.69, 9.17) is 17.3 Å². The third-order valence-corrected chi connectivity index (χ3v) is 5.53. The molecule has 0 unspecified atom stereocenters. The molecule has 1 aromatic rings. The van der Waals surface area contributed by atoms with Gasteiger partial charge in [-0.15, -0.1) is 0 Å². The van der Waals surface area contributed by atoms with Gasteiger partial charge in [-0.05, 0) is 37.1 Å². The van der Waals surface area contributed by atoms with Crippen LogP contribution < -0.4 is 11.1 Å². The van der Waals surface area contributed by atoms with Crippen molar-refractivity contribution in [3.05, 3.63) is 29.3 Å². The van der Waals surface area contributed by atoms with Gasteiger partial charge in [0.15, 0.2) is 9.84 Å². The summed E-state index contributed by atoms with van der Waals surface area (Å²) in [4.78, 5) is 12.1. The predicted octanol–water partition coefficient (Wildman–Crippen LogP) is 1.75. The molecule has 0 atom stereocenters. The van der Waals surface area contributed by atoms with Gasteiger partial charge in [-0.1, -0.05) is 25.4 Å². The van der Waals surface area contributed by atoms with E-state index in [0.717, 1.165) is 0 Å². The summed E-state index contributed by atoms with van der Waals surface area (Å²) >= 11 is 5.72. The molecular formula is C14H21ClN2O3S. The second-order valence-electron chi connectivity index (χ2n) is 4.95. The molecule has 0 aliphatic heterocycles. The Bertz CT molecular complexity index is 572. The summed E-state index contributed by atoms with van der Waals surface area (Å²) in [6.45, 7) is 4.08. The minimum Gasteiger partial charge on any atom is -0.349 e. The van der Waals surface area contributed by atoms with Crippen molar-refractivity contribution < 1.29 is 13.2 Å². The Labute approximate surface area is 130 Å². The van der Waals surface area contributed by atoms with Crippen molar-refractivity contribution in [3.63, 3.8) is 0 Å². The predicted molar refractivity (Wildman–Crippen MR) is 84.0 cm³/mol. The summed E-state index contributed by atoms with van der Waals surface area (Å²) in [6, 6.07) is 5.74. The van der Waals surface area contributed by atoms with Crippen LogP contribution in [0.1, 0.15) is 26.7 Å². The quantitative estimate of drug-likeness (QED) is 0.796. The molecule has 0 aromatic heterocycles. The standard InChI is InChI=1S/C14H21ClN2O3S/c1-3-14(4-2,10-16)17-13(18)9-21(19,20)12-7-5-11(15)6-8-12/h5-8H,3-4,9-10,16H2,1-2H3,(H,17,18). The van der Waals surface area contributed by atoms with Crippen LogP contribution in [0.2, 0.25) is 5.02 Å². The molecule has 0 aliphatic carbocycles. The zero-order valence-corrected chi connectivity index (χ0v) is 13.8. The largest absolute Gasteiger partial charge is 0.349 e. The molecule has 0 saturated heterocycles. The van der Waals surface area contributed by atoms with Crippen LogP contribution in [-0.2, 0) is 14.6 Å². The van der Waals surface area contributed by atoms with Crippen LogP contribution in [0.5, 0.6) is 0 Å². The number of amides is 1. The molecule has 21 heavy (non-hydrogen) atoms. The Balaban J connectivity index is 2.84. The van der Waals surface area contributed by atoms with Gasteiger partial charge in [0.25, 0.3) is 0 Å². The van der Waals surface area contributed by atoms with E-state index in [1.165, 1.54) is 24.3 Å². The Hall–Kier alpha value is -1.11. The van der Waals surface area contributed by atoms with Crippen molar-refractivity contribution in [2.24, 2.45) is 5.73 Å². The Kier molecular flexibility index (Phi) is 6.19. The maximum Gasteiger partial charge on any atom is 0.236 e. The molecule has 7 heteroatoms. The Morgan fingerprint density at radius 2 is 1.76 bits per heavy atom. The van der Waals surface area contributed by atoms with E-state index >= 15 is 0 Å². The van der Waals surface area contributed by atoms with Crippen molar-refractivity contribution in [1.29, 1.82) is 0 Å². The van der Waals surface area contributed by atoms with Crippen molar-refractivity contribution in [3.8, 4) is 0 Å². The zero-order chi connectivity index (χ0) is 16.1. The fourth-order valence-electron chi connectivity index (χ4n) is 2.00. The number of hydrogen-bond donors (Lipinski definition) is 2. The third kappa shape index (κ3) is 4.69. The molecule has 0 fully saturated rings. The Morgan fingerprint density at radius 1 is 1.24 bits per heavy atom. The molecule has 1 aromatic carbocycles. The highest BCUT2D eigenvalue weighted by Gasteiger charge is 2.28. The van der Waals surface area contributed by atoms with E-state index < -0.39 is 27.0 Å². The van der Waals surface area contributed by atoms with Crippen LogP contribution in [-0.4, -0.2) is 32.2 Å². The van der Waals surface area contributed by atoms with Gasteiger partial charge in [0.1, 0.15) is 5.75 Å². The minimum atomic E-state index is -3.68. The highest BCUT2D eigenvalue weighted by atomic mass is 35.5. The topological polar surface area (TPSA) is 89.3 Å². The lowest BCUT2D eigenvalue weighted by atomic mass is 9.93. The van der Waals surface area contributed by atoms with E-state index in [0.29, 0.717) is 17.9 Å². The molecule has 0 spiro atoms. The summed E-state index contributed by atoms with van der Waals surface area (Å²) in [5.41, 5.74) is 5.14. The van der Waals surface area contributed by atoms with Crippen LogP contribution >= 0.6 is 11.6 Å². The van der Waals surface area contributed by atoms with Crippen LogP contribution in [0, 0.1) is 0 Å². The fourth-order valence-corrected chi connectivity index (χ4v) is 3.26. The Morgan fingerprint density at radius 3 is 2.19 bits per heavy atom. The number of rotatable bonds is 7. The van der Waals surface area contributed by atoms with Crippen molar-refractivity contribution in [2.75, 3.05) is 12.3 Å². The third-order valence-electron chi connectivity index (χ3n) is 3.64. The molecule has 0 bridgehead atoms. The van der Waals surface area contributed by atoms with Gasteiger partial charge in [0.05, 0.1) is 10.4 Å². The summed E-state index contributed by atoms with van der Waals surface area (Å²) < 4.78 is 24.3. The molecule has 0 saturated carbocycles. The molecule has 1 amide bonds. The molecule has 0 heterocycles. The monoisotopic (exact) mass is 332 g/mol. The number of halogens is 1. The SMILES string of the molecule is CCC(CC)(CN)NC(=O)CS(=O)(=O)c1ccc(Cl)cc1. The minimum absolute atomic E-state index is 0.0772. The first-order valence-electron chi connectivity index (χ1n) is 6.78. The lowest BCUT2D eigenvalue weighted by molar-refractivity contribution is -0.120. The van der Waals surface area contributed by atoms with Gasteiger partial charge in [0.2, 0.25) is 5.91 Å². The average molecular weight is 333 g/mol. The van der Waals surface area contributed by atoms with E-state index in [2.05, 4.69) is 5.32 Å². The van der Waals surface area contributed by atoms with Gasteiger partial charge >= 0.3 is 0 Å². The first-order chi connectivity index (χ1) is 9.78. The van der Waals surface area contributed by atoms with Gasteiger partial charge in [-0.3, -0.25) is 4.79 Å². The van der Waals surface area contributed by atoms with Crippen LogP contribution in [0.4, 0.5) is 0 Å². The molecule has 0 aliphatic rings. The number of carbonyl (C=O) groups is 1. The van der Waals surface area contributed by atoms with Crippen LogP contribution in [0.3, 0.4) is 0 Å². The number of nitrogens with two attached hydrogens (primary N) is 1. The van der Waals surface area contributed by atoms with Gasteiger partial charge in [-0.2, -0.15) is 0 Å².